The molecule has 1 atom stereocenters. The van der Waals surface area contributed by atoms with Crippen molar-refractivity contribution in [1.29, 1.82) is 0 Å². The molecule has 0 aromatic carbocycles. The molecule has 47 heavy (non-hydrogen) atoms. The maximum atomic E-state index is 12.2. The van der Waals surface area contributed by atoms with Crippen LogP contribution in [0.4, 0.5) is 0 Å². The maximum absolute atomic E-state index is 12.2. The number of hydrogen-bond acceptors (Lipinski definition) is 5. The van der Waals surface area contributed by atoms with Crippen LogP contribution in [0.2, 0.25) is 0 Å². The second-order valence-electron chi connectivity index (χ2n) is 14.1. The molecule has 0 aromatic rings. The molecule has 5 nitrogen and oxygen atoms in total. The van der Waals surface area contributed by atoms with Crippen molar-refractivity contribution < 1.29 is 24.2 Å². The lowest BCUT2D eigenvalue weighted by Gasteiger charge is -2.15. The number of aliphatic hydroxyl groups excluding tert-OH is 1. The Morgan fingerprint density at radius 2 is 0.787 bits per heavy atom. The largest absolute Gasteiger partial charge is 0.462 e. The monoisotopic (exact) mass is 665 g/mol. The van der Waals surface area contributed by atoms with E-state index < -0.39 is 6.10 Å². The van der Waals surface area contributed by atoms with Gasteiger partial charge in [0.05, 0.1) is 6.61 Å². The molecule has 0 amide bonds. The first kappa shape index (κ1) is 45.6. The van der Waals surface area contributed by atoms with Crippen molar-refractivity contribution >= 4 is 11.9 Å². The molecule has 0 heterocycles. The number of allylic oxidation sites excluding steroid dienone is 2. The molecule has 0 aliphatic carbocycles. The van der Waals surface area contributed by atoms with E-state index in [1.54, 1.807) is 0 Å². The van der Waals surface area contributed by atoms with E-state index in [1.807, 2.05) is 0 Å². The summed E-state index contributed by atoms with van der Waals surface area (Å²) < 4.78 is 10.6. The van der Waals surface area contributed by atoms with Crippen molar-refractivity contribution in [3.8, 4) is 0 Å². The molecular weight excluding hydrogens is 584 g/mol. The van der Waals surface area contributed by atoms with Gasteiger partial charge in [0.1, 0.15) is 6.61 Å². The first-order chi connectivity index (χ1) is 23.1. The van der Waals surface area contributed by atoms with Crippen LogP contribution in [0.5, 0.6) is 0 Å². The highest BCUT2D eigenvalue weighted by Gasteiger charge is 2.16. The van der Waals surface area contributed by atoms with Gasteiger partial charge in [-0.25, -0.2) is 0 Å². The van der Waals surface area contributed by atoms with Gasteiger partial charge in [-0.3, -0.25) is 9.59 Å². The second kappa shape index (κ2) is 39.1. The van der Waals surface area contributed by atoms with E-state index in [2.05, 4.69) is 26.0 Å². The quantitative estimate of drug-likeness (QED) is 0.0404. The Kier molecular flexibility index (Phi) is 38.0. The fraction of sp³-hybridized carbons (Fsp3) is 0.905. The molecule has 278 valence electrons. The Labute approximate surface area is 292 Å². The summed E-state index contributed by atoms with van der Waals surface area (Å²) >= 11 is 0. The van der Waals surface area contributed by atoms with Gasteiger partial charge in [0.15, 0.2) is 6.10 Å². The normalized spacial score (nSPS) is 12.1. The Morgan fingerprint density at radius 1 is 0.468 bits per heavy atom. The third-order valence-corrected chi connectivity index (χ3v) is 9.31. The van der Waals surface area contributed by atoms with E-state index in [1.165, 1.54) is 161 Å². The first-order valence-electron chi connectivity index (χ1n) is 20.7. The van der Waals surface area contributed by atoms with Crippen LogP contribution < -0.4 is 0 Å². The molecular formula is C42H80O5. The number of carbonyl (C=O) groups is 2. The summed E-state index contributed by atoms with van der Waals surface area (Å²) in [5, 5.41) is 9.56. The second-order valence-corrected chi connectivity index (χ2v) is 14.1. The van der Waals surface area contributed by atoms with Gasteiger partial charge in [0.2, 0.25) is 0 Å². The Bertz CT molecular complexity index is 676. The van der Waals surface area contributed by atoms with Gasteiger partial charge < -0.3 is 14.6 Å². The zero-order chi connectivity index (χ0) is 34.3. The number of hydrogen-bond donors (Lipinski definition) is 1. The molecule has 0 radical (unpaired) electrons. The van der Waals surface area contributed by atoms with Gasteiger partial charge in [-0.05, 0) is 38.5 Å². The molecule has 5 heteroatoms. The van der Waals surface area contributed by atoms with Gasteiger partial charge in [-0.1, -0.05) is 187 Å². The summed E-state index contributed by atoms with van der Waals surface area (Å²) in [6.45, 7) is 4.15. The molecule has 0 saturated heterocycles. The number of rotatable bonds is 38. The fourth-order valence-electron chi connectivity index (χ4n) is 6.14. The maximum Gasteiger partial charge on any atom is 0.306 e. The lowest BCUT2D eigenvalue weighted by atomic mass is 10.0. The number of carbonyl (C=O) groups excluding carboxylic acids is 2. The van der Waals surface area contributed by atoms with Crippen molar-refractivity contribution in [2.24, 2.45) is 0 Å². The molecule has 0 aliphatic heterocycles. The van der Waals surface area contributed by atoms with Gasteiger partial charge >= 0.3 is 11.9 Å². The molecule has 0 saturated carbocycles. The lowest BCUT2D eigenvalue weighted by Crippen LogP contribution is -2.28. The zero-order valence-corrected chi connectivity index (χ0v) is 31.6. The summed E-state index contributed by atoms with van der Waals surface area (Å²) in [5.41, 5.74) is 0. The Balaban J connectivity index is 3.50. The first-order valence-corrected chi connectivity index (χ1v) is 20.7. The van der Waals surface area contributed by atoms with Crippen LogP contribution in [-0.4, -0.2) is 36.4 Å². The molecule has 0 rings (SSSR count). The highest BCUT2D eigenvalue weighted by atomic mass is 16.6. The van der Waals surface area contributed by atoms with Crippen LogP contribution in [-0.2, 0) is 19.1 Å². The van der Waals surface area contributed by atoms with Gasteiger partial charge in [0, 0.05) is 12.8 Å². The summed E-state index contributed by atoms with van der Waals surface area (Å²) in [7, 11) is 0. The van der Waals surface area contributed by atoms with Crippen molar-refractivity contribution in [1.82, 2.24) is 0 Å². The van der Waals surface area contributed by atoms with Crippen LogP contribution >= 0.6 is 0 Å². The van der Waals surface area contributed by atoms with Gasteiger partial charge in [0.25, 0.3) is 0 Å². The Hall–Kier alpha value is -1.36. The lowest BCUT2D eigenvalue weighted by molar-refractivity contribution is -0.161. The zero-order valence-electron chi connectivity index (χ0n) is 31.6. The Morgan fingerprint density at radius 3 is 1.15 bits per heavy atom. The SMILES string of the molecule is CCCCCCCC/C=C\CCCCCCCC(=O)OC(CO)COC(=O)CCCCCCCCCCCCCCCCCCCC. The van der Waals surface area contributed by atoms with Gasteiger partial charge in [-0.15, -0.1) is 0 Å². The smallest absolute Gasteiger partial charge is 0.306 e. The summed E-state index contributed by atoms with van der Waals surface area (Å²) in [5.74, 6) is -0.588. The number of unbranched alkanes of at least 4 members (excludes halogenated alkanes) is 28. The van der Waals surface area contributed by atoms with E-state index in [4.69, 9.17) is 9.47 Å². The van der Waals surface area contributed by atoms with E-state index in [0.717, 1.165) is 38.5 Å². The molecule has 0 fully saturated rings. The average molecular weight is 665 g/mol. The van der Waals surface area contributed by atoms with E-state index >= 15 is 0 Å². The van der Waals surface area contributed by atoms with E-state index in [-0.39, 0.29) is 25.2 Å². The highest BCUT2D eigenvalue weighted by Crippen LogP contribution is 2.15. The fourth-order valence-corrected chi connectivity index (χ4v) is 6.14. The molecule has 0 bridgehead atoms. The molecule has 1 N–H and O–H groups in total. The number of aliphatic hydroxyl groups is 1. The predicted molar refractivity (Wildman–Crippen MR) is 201 cm³/mol. The van der Waals surface area contributed by atoms with Crippen LogP contribution in [0.25, 0.3) is 0 Å². The average Bonchev–Trinajstić information content (AvgIpc) is 3.07. The van der Waals surface area contributed by atoms with Crippen molar-refractivity contribution in [2.75, 3.05) is 13.2 Å². The van der Waals surface area contributed by atoms with Crippen LogP contribution in [0.3, 0.4) is 0 Å². The van der Waals surface area contributed by atoms with E-state index in [9.17, 15) is 14.7 Å². The third kappa shape index (κ3) is 37.3. The summed E-state index contributed by atoms with van der Waals surface area (Å²) in [6, 6.07) is 0. The standard InChI is InChI=1S/C42H80O5/c1-3-5-7-9-11-13-15-17-19-20-21-23-24-26-28-30-32-34-36-41(44)46-39-40(38-43)47-42(45)37-35-33-31-29-27-25-22-18-16-14-12-10-8-6-4-2/h18,22,40,43H,3-17,19-21,23-39H2,1-2H3/b22-18-. The number of ether oxygens (including phenoxy) is 2. The predicted octanol–water partition coefficient (Wildman–Crippen LogP) is 12.9. The molecule has 0 aromatic heterocycles. The van der Waals surface area contributed by atoms with Crippen LogP contribution in [0.15, 0.2) is 12.2 Å². The minimum Gasteiger partial charge on any atom is -0.462 e. The highest BCUT2D eigenvalue weighted by molar-refractivity contribution is 5.70. The van der Waals surface area contributed by atoms with Crippen molar-refractivity contribution in [3.05, 3.63) is 12.2 Å². The van der Waals surface area contributed by atoms with Crippen LogP contribution in [0.1, 0.15) is 226 Å². The summed E-state index contributed by atoms with van der Waals surface area (Å²) in [6.07, 6.45) is 44.2. The minimum absolute atomic E-state index is 0.0630. The van der Waals surface area contributed by atoms with Gasteiger partial charge in [-0.2, -0.15) is 0 Å². The van der Waals surface area contributed by atoms with E-state index in [0.29, 0.717) is 12.8 Å². The molecule has 0 aliphatic rings. The number of esters is 2. The van der Waals surface area contributed by atoms with Crippen molar-refractivity contribution in [3.63, 3.8) is 0 Å². The minimum atomic E-state index is -0.769. The molecule has 1 unspecified atom stereocenters. The third-order valence-electron chi connectivity index (χ3n) is 9.31. The summed E-state index contributed by atoms with van der Waals surface area (Å²) in [4.78, 5) is 24.3. The molecule has 0 spiro atoms. The van der Waals surface area contributed by atoms with Crippen molar-refractivity contribution in [2.45, 2.75) is 232 Å². The topological polar surface area (TPSA) is 72.8 Å². The van der Waals surface area contributed by atoms with Crippen LogP contribution in [0, 0.1) is 0 Å².